The smallest absolute Gasteiger partial charge is 0.233 e. The Morgan fingerprint density at radius 1 is 1.23 bits per heavy atom. The van der Waals surface area contributed by atoms with Gasteiger partial charge in [-0.1, -0.05) is 25.0 Å². The fourth-order valence-electron chi connectivity index (χ4n) is 3.93. The molecule has 1 saturated carbocycles. The summed E-state index contributed by atoms with van der Waals surface area (Å²) in [6.45, 7) is 2.07. The number of rotatable bonds is 6. The maximum Gasteiger partial charge on any atom is 0.233 e. The van der Waals surface area contributed by atoms with Crippen LogP contribution in [-0.4, -0.2) is 41.0 Å². The molecule has 0 aliphatic heterocycles. The molecular weight excluding hydrogens is 326 g/mol. The first-order valence-corrected chi connectivity index (χ1v) is 9.23. The monoisotopic (exact) mass is 353 g/mol. The van der Waals surface area contributed by atoms with Crippen LogP contribution in [0.25, 0.3) is 0 Å². The zero-order chi connectivity index (χ0) is 18.6. The van der Waals surface area contributed by atoms with E-state index in [-0.39, 0.29) is 11.9 Å². The molecule has 1 aliphatic carbocycles. The van der Waals surface area contributed by atoms with Crippen LogP contribution in [0.3, 0.4) is 0 Å². The second-order valence-electron chi connectivity index (χ2n) is 7.18. The zero-order valence-electron chi connectivity index (χ0n) is 15.8. The summed E-state index contributed by atoms with van der Waals surface area (Å²) >= 11 is 0. The van der Waals surface area contributed by atoms with E-state index in [0.29, 0.717) is 6.42 Å². The predicted molar refractivity (Wildman–Crippen MR) is 101 cm³/mol. The van der Waals surface area contributed by atoms with Gasteiger partial charge in [0.25, 0.3) is 0 Å². The minimum Gasteiger partial charge on any atom is -0.497 e. The van der Waals surface area contributed by atoms with Crippen molar-refractivity contribution >= 4 is 5.91 Å². The number of hydrogen-bond acceptors (Lipinski definition) is 4. The second kappa shape index (κ2) is 7.85. The summed E-state index contributed by atoms with van der Waals surface area (Å²) in [5.41, 5.74) is 1.58. The Labute approximate surface area is 155 Å². The van der Waals surface area contributed by atoms with E-state index in [1.807, 2.05) is 36.2 Å². The summed E-state index contributed by atoms with van der Waals surface area (Å²) in [6, 6.07) is 8.05. The van der Waals surface area contributed by atoms with E-state index in [9.17, 15) is 4.79 Å². The van der Waals surface area contributed by atoms with Crippen LogP contribution in [0.5, 0.6) is 5.75 Å². The Balaban J connectivity index is 1.81. The fourth-order valence-corrected chi connectivity index (χ4v) is 3.93. The van der Waals surface area contributed by atoms with Crippen molar-refractivity contribution in [2.45, 2.75) is 50.5 Å². The van der Waals surface area contributed by atoms with Gasteiger partial charge in [0.05, 0.1) is 18.2 Å². The molecule has 0 saturated heterocycles. The van der Waals surface area contributed by atoms with E-state index < -0.39 is 5.41 Å². The number of benzene rings is 1. The summed E-state index contributed by atoms with van der Waals surface area (Å²) in [4.78, 5) is 23.9. The van der Waals surface area contributed by atoms with Crippen molar-refractivity contribution in [2.75, 3.05) is 14.2 Å². The van der Waals surface area contributed by atoms with Crippen LogP contribution in [-0.2, 0) is 16.6 Å². The van der Waals surface area contributed by atoms with Gasteiger partial charge in [-0.2, -0.15) is 0 Å². The van der Waals surface area contributed by atoms with E-state index in [2.05, 4.69) is 16.9 Å². The van der Waals surface area contributed by atoms with Crippen LogP contribution in [0, 0.1) is 0 Å². The minimum absolute atomic E-state index is 0.0647. The molecule has 5 heteroatoms. The highest BCUT2D eigenvalue weighted by Crippen LogP contribution is 2.43. The normalized spacial score (nSPS) is 16.9. The Morgan fingerprint density at radius 3 is 2.50 bits per heavy atom. The average molecular weight is 353 g/mol. The third-order valence-corrected chi connectivity index (χ3v) is 5.61. The molecule has 0 radical (unpaired) electrons. The van der Waals surface area contributed by atoms with Gasteiger partial charge in [-0.15, -0.1) is 0 Å². The number of nitrogens with zero attached hydrogens (tertiary/aromatic N) is 3. The molecule has 1 aliphatic rings. The lowest BCUT2D eigenvalue weighted by molar-refractivity contribution is -0.137. The van der Waals surface area contributed by atoms with Gasteiger partial charge in [0.2, 0.25) is 5.91 Å². The van der Waals surface area contributed by atoms with E-state index in [0.717, 1.165) is 42.7 Å². The van der Waals surface area contributed by atoms with Crippen molar-refractivity contribution in [1.29, 1.82) is 0 Å². The molecule has 3 rings (SSSR count). The number of likely N-dealkylation sites (N-methyl/N-ethyl adjacent to an activating group) is 1. The van der Waals surface area contributed by atoms with Gasteiger partial charge in [0.1, 0.15) is 5.75 Å². The van der Waals surface area contributed by atoms with E-state index in [1.165, 1.54) is 0 Å². The van der Waals surface area contributed by atoms with Gasteiger partial charge in [-0.25, -0.2) is 0 Å². The molecule has 1 aromatic carbocycles. The van der Waals surface area contributed by atoms with Gasteiger partial charge >= 0.3 is 0 Å². The zero-order valence-corrected chi connectivity index (χ0v) is 15.8. The standard InChI is InChI=1S/C21H27N3O2/c1-16(14-18-15-22-12-13-23-18)24(2)20(25)21(10-4-5-11-21)17-6-8-19(26-3)9-7-17/h6-9,12-13,15-16H,4-5,10-11,14H2,1-3H3/t16-/m1/s1. The van der Waals surface area contributed by atoms with Gasteiger partial charge in [-0.3, -0.25) is 14.8 Å². The summed E-state index contributed by atoms with van der Waals surface area (Å²) in [5, 5.41) is 0. The third kappa shape index (κ3) is 3.57. The van der Waals surface area contributed by atoms with E-state index in [4.69, 9.17) is 4.74 Å². The maximum absolute atomic E-state index is 13.5. The highest BCUT2D eigenvalue weighted by atomic mass is 16.5. The Hall–Kier alpha value is -2.43. The summed E-state index contributed by atoms with van der Waals surface area (Å²) in [7, 11) is 3.57. The summed E-state index contributed by atoms with van der Waals surface area (Å²) < 4.78 is 5.27. The molecule has 138 valence electrons. The second-order valence-corrected chi connectivity index (χ2v) is 7.18. The number of amides is 1. The van der Waals surface area contributed by atoms with Gasteiger partial charge < -0.3 is 9.64 Å². The molecule has 5 nitrogen and oxygen atoms in total. The molecule has 1 heterocycles. The molecule has 1 aromatic heterocycles. The van der Waals surface area contributed by atoms with Crippen LogP contribution in [0.1, 0.15) is 43.9 Å². The van der Waals surface area contributed by atoms with Crippen molar-refractivity contribution in [3.8, 4) is 5.75 Å². The van der Waals surface area contributed by atoms with Crippen LogP contribution in [0.15, 0.2) is 42.9 Å². The quantitative estimate of drug-likeness (QED) is 0.799. The molecule has 1 atom stereocenters. The third-order valence-electron chi connectivity index (χ3n) is 5.61. The topological polar surface area (TPSA) is 55.3 Å². The number of carbonyl (C=O) groups is 1. The van der Waals surface area contributed by atoms with Crippen LogP contribution in [0.2, 0.25) is 0 Å². The predicted octanol–water partition coefficient (Wildman–Crippen LogP) is 3.39. The molecule has 26 heavy (non-hydrogen) atoms. The maximum atomic E-state index is 13.5. The van der Waals surface area contributed by atoms with Crippen molar-refractivity contribution in [3.63, 3.8) is 0 Å². The first-order valence-electron chi connectivity index (χ1n) is 9.23. The highest BCUT2D eigenvalue weighted by Gasteiger charge is 2.44. The minimum atomic E-state index is -0.419. The van der Waals surface area contributed by atoms with Crippen molar-refractivity contribution in [3.05, 3.63) is 54.1 Å². The first-order chi connectivity index (χ1) is 12.6. The number of hydrogen-bond donors (Lipinski definition) is 0. The first kappa shape index (κ1) is 18.4. The lowest BCUT2D eigenvalue weighted by Crippen LogP contribution is -2.47. The van der Waals surface area contributed by atoms with Crippen LogP contribution >= 0.6 is 0 Å². The van der Waals surface area contributed by atoms with Crippen molar-refractivity contribution in [1.82, 2.24) is 14.9 Å². The highest BCUT2D eigenvalue weighted by molar-refractivity contribution is 5.88. The lowest BCUT2D eigenvalue weighted by atomic mass is 9.77. The number of ether oxygens (including phenoxy) is 1. The molecule has 0 N–H and O–H groups in total. The SMILES string of the molecule is COc1ccc(C2(C(=O)N(C)[C@H](C)Cc3cnccn3)CCCC2)cc1. The number of methoxy groups -OCH3 is 1. The van der Waals surface area contributed by atoms with Crippen molar-refractivity contribution < 1.29 is 9.53 Å². The molecule has 0 bridgehead atoms. The molecule has 0 spiro atoms. The summed E-state index contributed by atoms with van der Waals surface area (Å²) in [5.74, 6) is 1.02. The van der Waals surface area contributed by atoms with Crippen LogP contribution < -0.4 is 4.74 Å². The van der Waals surface area contributed by atoms with E-state index >= 15 is 0 Å². The largest absolute Gasteiger partial charge is 0.497 e. The summed E-state index contributed by atoms with van der Waals surface area (Å²) in [6.07, 6.45) is 9.81. The van der Waals surface area contributed by atoms with Gasteiger partial charge in [0.15, 0.2) is 0 Å². The van der Waals surface area contributed by atoms with E-state index in [1.54, 1.807) is 25.7 Å². The Morgan fingerprint density at radius 2 is 1.92 bits per heavy atom. The molecule has 2 aromatic rings. The fraction of sp³-hybridized carbons (Fsp3) is 0.476. The van der Waals surface area contributed by atoms with Gasteiger partial charge in [0, 0.05) is 38.1 Å². The molecule has 1 fully saturated rings. The van der Waals surface area contributed by atoms with Crippen LogP contribution in [0.4, 0.5) is 0 Å². The van der Waals surface area contributed by atoms with Gasteiger partial charge in [-0.05, 0) is 37.5 Å². The van der Waals surface area contributed by atoms with Crippen molar-refractivity contribution in [2.24, 2.45) is 0 Å². The molecule has 1 amide bonds. The molecular formula is C21H27N3O2. The number of aromatic nitrogens is 2. The number of carbonyl (C=O) groups excluding carboxylic acids is 1. The Kier molecular flexibility index (Phi) is 5.55. The lowest BCUT2D eigenvalue weighted by Gasteiger charge is -2.36. The Bertz CT molecular complexity index is 725. The average Bonchev–Trinajstić information content (AvgIpc) is 3.18. The molecule has 0 unspecified atom stereocenters.